The summed E-state index contributed by atoms with van der Waals surface area (Å²) in [7, 11) is 0. The van der Waals surface area contributed by atoms with Crippen molar-refractivity contribution < 1.29 is 9.59 Å². The van der Waals surface area contributed by atoms with Gasteiger partial charge in [0.2, 0.25) is 11.8 Å². The van der Waals surface area contributed by atoms with Gasteiger partial charge in [0.15, 0.2) is 0 Å². The normalized spacial score (nSPS) is 12.3. The molecule has 0 aliphatic carbocycles. The molecule has 1 N–H and O–H groups in total. The van der Waals surface area contributed by atoms with Crippen molar-refractivity contribution in [2.75, 3.05) is 5.75 Å². The van der Waals surface area contributed by atoms with Crippen molar-refractivity contribution in [3.05, 3.63) is 68.7 Å². The Labute approximate surface area is 210 Å². The Hall–Kier alpha value is -1.40. The first-order chi connectivity index (χ1) is 15.0. The third-order valence-electron chi connectivity index (χ3n) is 4.65. The molecule has 0 aromatic heterocycles. The summed E-state index contributed by atoms with van der Waals surface area (Å²) in [5, 5.41) is 4.78. The zero-order valence-electron chi connectivity index (χ0n) is 18.8. The first-order valence-corrected chi connectivity index (χ1v) is 12.7. The van der Waals surface area contributed by atoms with E-state index in [0.29, 0.717) is 33.8 Å². The minimum atomic E-state index is -0.572. The number of nitrogens with one attached hydrogen (secondary N) is 1. The average molecular weight is 516 g/mol. The van der Waals surface area contributed by atoms with Crippen molar-refractivity contribution in [3.63, 3.8) is 0 Å². The predicted molar refractivity (Wildman–Crippen MR) is 137 cm³/mol. The largest absolute Gasteiger partial charge is 0.350 e. The summed E-state index contributed by atoms with van der Waals surface area (Å²) in [5.41, 5.74) is 1.44. The van der Waals surface area contributed by atoms with E-state index in [9.17, 15) is 9.59 Å². The average Bonchev–Trinajstić information content (AvgIpc) is 2.69. The molecular weight excluding hydrogens is 487 g/mol. The van der Waals surface area contributed by atoms with Gasteiger partial charge in [-0.15, -0.1) is 11.8 Å². The number of amides is 2. The van der Waals surface area contributed by atoms with Gasteiger partial charge in [-0.3, -0.25) is 9.59 Å². The van der Waals surface area contributed by atoms with Gasteiger partial charge in [-0.25, -0.2) is 0 Å². The summed E-state index contributed by atoms with van der Waals surface area (Å²) in [6.07, 6.45) is 0.509. The number of carbonyl (C=O) groups excluding carboxylic acids is 2. The van der Waals surface area contributed by atoms with E-state index < -0.39 is 6.04 Å². The van der Waals surface area contributed by atoms with Crippen molar-refractivity contribution in [2.45, 2.75) is 58.0 Å². The molecule has 0 bridgehead atoms. The third-order valence-corrected chi connectivity index (χ3v) is 6.45. The Morgan fingerprint density at radius 1 is 1.03 bits per heavy atom. The Bertz CT molecular complexity index is 930. The first-order valence-electron chi connectivity index (χ1n) is 10.4. The van der Waals surface area contributed by atoms with Crippen molar-refractivity contribution in [1.82, 2.24) is 10.2 Å². The van der Waals surface area contributed by atoms with Crippen LogP contribution in [-0.4, -0.2) is 34.0 Å². The fraction of sp³-hybridized carbons (Fsp3) is 0.417. The molecule has 1 atom stereocenters. The van der Waals surface area contributed by atoms with Crippen LogP contribution in [0.5, 0.6) is 0 Å². The molecule has 2 aromatic carbocycles. The van der Waals surface area contributed by atoms with Crippen LogP contribution in [0.1, 0.15) is 45.2 Å². The van der Waals surface area contributed by atoms with Gasteiger partial charge in [0.25, 0.3) is 0 Å². The Kier molecular flexibility index (Phi) is 10.2. The maximum atomic E-state index is 13.3. The van der Waals surface area contributed by atoms with Crippen molar-refractivity contribution in [1.29, 1.82) is 0 Å². The summed E-state index contributed by atoms with van der Waals surface area (Å²) < 4.78 is 0. The second kappa shape index (κ2) is 12.2. The minimum absolute atomic E-state index is 0.106. The molecule has 0 aliphatic rings. The zero-order valence-corrected chi connectivity index (χ0v) is 21.8. The van der Waals surface area contributed by atoms with Crippen LogP contribution >= 0.6 is 46.6 Å². The smallest absolute Gasteiger partial charge is 0.243 e. The number of hydrogen-bond donors (Lipinski definition) is 1. The predicted octanol–water partition coefficient (Wildman–Crippen LogP) is 6.60. The van der Waals surface area contributed by atoms with Gasteiger partial charge in [0.1, 0.15) is 6.04 Å². The maximum absolute atomic E-state index is 13.3. The van der Waals surface area contributed by atoms with E-state index in [0.717, 1.165) is 11.1 Å². The molecule has 174 valence electrons. The number of halogens is 3. The highest BCUT2D eigenvalue weighted by Crippen LogP contribution is 2.25. The minimum Gasteiger partial charge on any atom is -0.350 e. The zero-order chi connectivity index (χ0) is 23.9. The standard InChI is InChI=1S/C24H29Cl3N2O2S/c1-5-21(23(31)28-24(2,3)4)29(13-16-6-9-18(25)10-7-16)22(30)15-32-14-17-8-11-19(26)12-20(17)27/h6-12,21H,5,13-15H2,1-4H3,(H,28,31). The van der Waals surface area contributed by atoms with E-state index in [1.807, 2.05) is 45.9 Å². The van der Waals surface area contributed by atoms with Crippen molar-refractivity contribution in [2.24, 2.45) is 0 Å². The molecule has 8 heteroatoms. The summed E-state index contributed by atoms with van der Waals surface area (Å²) in [6, 6.07) is 12.1. The molecule has 2 amide bonds. The van der Waals surface area contributed by atoms with Gasteiger partial charge in [0.05, 0.1) is 5.75 Å². The van der Waals surface area contributed by atoms with E-state index in [-0.39, 0.29) is 23.1 Å². The molecule has 0 saturated heterocycles. The first kappa shape index (κ1) is 26.8. The van der Waals surface area contributed by atoms with Gasteiger partial charge in [-0.2, -0.15) is 0 Å². The fourth-order valence-corrected chi connectivity index (χ4v) is 4.72. The number of carbonyl (C=O) groups is 2. The number of thioether (sulfide) groups is 1. The number of nitrogens with zero attached hydrogens (tertiary/aromatic N) is 1. The van der Waals surface area contributed by atoms with Crippen molar-refractivity contribution >= 4 is 58.4 Å². The molecule has 2 aromatic rings. The molecule has 4 nitrogen and oxygen atoms in total. The monoisotopic (exact) mass is 514 g/mol. The number of rotatable bonds is 9. The fourth-order valence-electron chi connectivity index (χ4n) is 3.13. The van der Waals surface area contributed by atoms with E-state index in [1.165, 1.54) is 11.8 Å². The molecule has 0 fully saturated rings. The van der Waals surface area contributed by atoms with Crippen LogP contribution in [-0.2, 0) is 21.9 Å². The molecule has 1 unspecified atom stereocenters. The van der Waals surface area contributed by atoms with E-state index in [4.69, 9.17) is 34.8 Å². The van der Waals surface area contributed by atoms with Gasteiger partial charge in [-0.1, -0.05) is 59.9 Å². The lowest BCUT2D eigenvalue weighted by molar-refractivity contribution is -0.140. The summed E-state index contributed by atoms with van der Waals surface area (Å²) in [6.45, 7) is 8.02. The van der Waals surface area contributed by atoms with Crippen molar-refractivity contribution in [3.8, 4) is 0 Å². The molecule has 2 rings (SSSR count). The lowest BCUT2D eigenvalue weighted by Gasteiger charge is -2.33. The van der Waals surface area contributed by atoms with Crippen LogP contribution in [0.3, 0.4) is 0 Å². The van der Waals surface area contributed by atoms with Crippen LogP contribution < -0.4 is 5.32 Å². The lowest BCUT2D eigenvalue weighted by Crippen LogP contribution is -2.53. The highest BCUT2D eigenvalue weighted by atomic mass is 35.5. The summed E-state index contributed by atoms with van der Waals surface area (Å²) in [5.74, 6) is 0.534. The second-order valence-electron chi connectivity index (χ2n) is 8.54. The summed E-state index contributed by atoms with van der Waals surface area (Å²) >= 11 is 19.7. The number of hydrogen-bond acceptors (Lipinski definition) is 3. The van der Waals surface area contributed by atoms with Gasteiger partial charge < -0.3 is 10.2 Å². The van der Waals surface area contributed by atoms with Crippen LogP contribution in [0.2, 0.25) is 15.1 Å². The maximum Gasteiger partial charge on any atom is 0.243 e. The molecule has 0 heterocycles. The van der Waals surface area contributed by atoms with E-state index in [2.05, 4.69) is 5.32 Å². The lowest BCUT2D eigenvalue weighted by atomic mass is 10.1. The highest BCUT2D eigenvalue weighted by molar-refractivity contribution is 7.99. The molecule has 0 spiro atoms. The van der Waals surface area contributed by atoms with Gasteiger partial charge >= 0.3 is 0 Å². The van der Waals surface area contributed by atoms with Crippen LogP contribution in [0.15, 0.2) is 42.5 Å². The molecule has 0 saturated carbocycles. The highest BCUT2D eigenvalue weighted by Gasteiger charge is 2.30. The topological polar surface area (TPSA) is 49.4 Å². The summed E-state index contributed by atoms with van der Waals surface area (Å²) in [4.78, 5) is 27.9. The van der Waals surface area contributed by atoms with Gasteiger partial charge in [0, 0.05) is 32.9 Å². The molecular formula is C24H29Cl3N2O2S. The molecule has 32 heavy (non-hydrogen) atoms. The van der Waals surface area contributed by atoms with Crippen LogP contribution in [0.25, 0.3) is 0 Å². The molecule has 0 radical (unpaired) electrons. The SMILES string of the molecule is CCC(C(=O)NC(C)(C)C)N(Cc1ccc(Cl)cc1)C(=O)CSCc1ccc(Cl)cc1Cl. The Morgan fingerprint density at radius 2 is 1.66 bits per heavy atom. The van der Waals surface area contributed by atoms with Gasteiger partial charge in [-0.05, 0) is 62.6 Å². The molecule has 0 aliphatic heterocycles. The third kappa shape index (κ3) is 8.51. The van der Waals surface area contributed by atoms with Crippen LogP contribution in [0, 0.1) is 0 Å². The number of benzene rings is 2. The second-order valence-corrected chi connectivity index (χ2v) is 10.8. The Morgan fingerprint density at radius 3 is 2.22 bits per heavy atom. The van der Waals surface area contributed by atoms with E-state index in [1.54, 1.807) is 29.2 Å². The van der Waals surface area contributed by atoms with Crippen LogP contribution in [0.4, 0.5) is 0 Å². The Balaban J connectivity index is 2.16. The quantitative estimate of drug-likeness (QED) is 0.409. The van der Waals surface area contributed by atoms with E-state index >= 15 is 0 Å².